The second kappa shape index (κ2) is 5.64. The molecule has 0 radical (unpaired) electrons. The van der Waals surface area contributed by atoms with E-state index in [-0.39, 0.29) is 17.4 Å². The van der Waals surface area contributed by atoms with Gasteiger partial charge in [0.1, 0.15) is 0 Å². The Balaban J connectivity index is 2.66. The van der Waals surface area contributed by atoms with Gasteiger partial charge in [-0.3, -0.25) is 4.79 Å². The molecule has 1 saturated carbocycles. The topological polar surface area (TPSA) is 55.6 Å². The van der Waals surface area contributed by atoms with E-state index >= 15 is 0 Å². The number of rotatable bonds is 5. The Morgan fingerprint density at radius 1 is 1.62 bits per heavy atom. The van der Waals surface area contributed by atoms with E-state index in [1.807, 2.05) is 18.7 Å². The first-order valence-electron chi connectivity index (χ1n) is 6.10. The molecule has 1 fully saturated rings. The van der Waals surface area contributed by atoms with Gasteiger partial charge in [-0.1, -0.05) is 6.42 Å². The summed E-state index contributed by atoms with van der Waals surface area (Å²) in [4.78, 5) is 14.3. The largest absolute Gasteiger partial charge is 0.383 e. The summed E-state index contributed by atoms with van der Waals surface area (Å²) < 4.78 is 5.02. The van der Waals surface area contributed by atoms with Crippen molar-refractivity contribution in [3.05, 3.63) is 0 Å². The molecule has 0 spiro atoms. The molecule has 2 N–H and O–H groups in total. The maximum Gasteiger partial charge on any atom is 0.230 e. The van der Waals surface area contributed by atoms with Gasteiger partial charge in [-0.2, -0.15) is 0 Å². The van der Waals surface area contributed by atoms with E-state index < -0.39 is 0 Å². The van der Waals surface area contributed by atoms with Crippen molar-refractivity contribution >= 4 is 5.91 Å². The molecular formula is C12H24N2O2. The number of hydrogen-bond donors (Lipinski definition) is 1. The lowest BCUT2D eigenvalue weighted by atomic mass is 9.83. The summed E-state index contributed by atoms with van der Waals surface area (Å²) in [7, 11) is 1.65. The van der Waals surface area contributed by atoms with Crippen LogP contribution in [-0.4, -0.2) is 43.7 Å². The van der Waals surface area contributed by atoms with E-state index in [9.17, 15) is 4.79 Å². The number of carbonyl (C=O) groups is 1. The quantitative estimate of drug-likeness (QED) is 0.763. The first-order chi connectivity index (χ1) is 7.56. The van der Waals surface area contributed by atoms with Crippen LogP contribution in [0.15, 0.2) is 0 Å². The van der Waals surface area contributed by atoms with E-state index in [1.165, 1.54) is 0 Å². The van der Waals surface area contributed by atoms with Gasteiger partial charge >= 0.3 is 0 Å². The summed E-state index contributed by atoms with van der Waals surface area (Å²) in [6.07, 6.45) is 2.94. The second-order valence-electron chi connectivity index (χ2n) is 4.79. The third-order valence-corrected chi connectivity index (χ3v) is 3.75. The third-order valence-electron chi connectivity index (χ3n) is 3.75. The lowest BCUT2D eigenvalue weighted by Crippen LogP contribution is -2.50. The number of nitrogens with zero attached hydrogens (tertiary/aromatic N) is 1. The summed E-state index contributed by atoms with van der Waals surface area (Å²) in [6.45, 7) is 5.98. The molecule has 0 heterocycles. The van der Waals surface area contributed by atoms with Crippen LogP contribution in [0.3, 0.4) is 0 Å². The zero-order chi connectivity index (χ0) is 12.2. The fraction of sp³-hybridized carbons (Fsp3) is 0.917. The number of nitrogens with two attached hydrogens (primary N) is 1. The normalized spacial score (nSPS) is 29.4. The average molecular weight is 228 g/mol. The molecule has 0 aromatic rings. The van der Waals surface area contributed by atoms with Crippen LogP contribution in [0.25, 0.3) is 0 Å². The molecule has 16 heavy (non-hydrogen) atoms. The van der Waals surface area contributed by atoms with Gasteiger partial charge in [-0.25, -0.2) is 0 Å². The van der Waals surface area contributed by atoms with E-state index in [2.05, 4.69) is 0 Å². The maximum atomic E-state index is 12.4. The Labute approximate surface area is 98.1 Å². The molecular weight excluding hydrogens is 204 g/mol. The monoisotopic (exact) mass is 228 g/mol. The number of methoxy groups -OCH3 is 1. The highest BCUT2D eigenvalue weighted by Crippen LogP contribution is 2.38. The highest BCUT2D eigenvalue weighted by atomic mass is 16.5. The standard InChI is InChI=1S/C12H24N2O2/c1-4-14(8-9-16-3)11(15)12(2)7-5-6-10(12)13/h10H,4-9,13H2,1-3H3. The van der Waals surface area contributed by atoms with Crippen molar-refractivity contribution in [2.75, 3.05) is 26.8 Å². The number of hydrogen-bond acceptors (Lipinski definition) is 3. The van der Waals surface area contributed by atoms with Gasteiger partial charge in [0.05, 0.1) is 12.0 Å². The van der Waals surface area contributed by atoms with Gasteiger partial charge < -0.3 is 15.4 Å². The zero-order valence-corrected chi connectivity index (χ0v) is 10.7. The van der Waals surface area contributed by atoms with Gasteiger partial charge in [0.15, 0.2) is 0 Å². The van der Waals surface area contributed by atoms with Crippen LogP contribution < -0.4 is 5.73 Å². The van der Waals surface area contributed by atoms with Crippen molar-refractivity contribution in [3.63, 3.8) is 0 Å². The Bertz CT molecular complexity index is 245. The van der Waals surface area contributed by atoms with E-state index in [1.54, 1.807) is 7.11 Å². The fourth-order valence-electron chi connectivity index (χ4n) is 2.42. The van der Waals surface area contributed by atoms with Crippen molar-refractivity contribution in [1.29, 1.82) is 0 Å². The number of likely N-dealkylation sites (N-methyl/N-ethyl adjacent to an activating group) is 1. The molecule has 94 valence electrons. The molecule has 0 aliphatic heterocycles. The first-order valence-corrected chi connectivity index (χ1v) is 6.10. The predicted molar refractivity (Wildman–Crippen MR) is 64.1 cm³/mol. The van der Waals surface area contributed by atoms with Crippen molar-refractivity contribution in [1.82, 2.24) is 4.90 Å². The first kappa shape index (κ1) is 13.5. The minimum Gasteiger partial charge on any atom is -0.383 e. The van der Waals surface area contributed by atoms with Crippen LogP contribution in [-0.2, 0) is 9.53 Å². The highest BCUT2D eigenvalue weighted by molar-refractivity contribution is 5.83. The summed E-state index contributed by atoms with van der Waals surface area (Å²) in [5.41, 5.74) is 5.70. The maximum absolute atomic E-state index is 12.4. The van der Waals surface area contributed by atoms with Crippen molar-refractivity contribution in [2.24, 2.45) is 11.1 Å². The van der Waals surface area contributed by atoms with E-state index in [0.29, 0.717) is 13.2 Å². The summed E-state index contributed by atoms with van der Waals surface area (Å²) in [5.74, 6) is 0.192. The number of carbonyl (C=O) groups excluding carboxylic acids is 1. The average Bonchev–Trinajstić information content (AvgIpc) is 2.61. The molecule has 0 aromatic heterocycles. The molecule has 2 atom stereocenters. The number of ether oxygens (including phenoxy) is 1. The van der Waals surface area contributed by atoms with Crippen LogP contribution >= 0.6 is 0 Å². The van der Waals surface area contributed by atoms with Gasteiger partial charge in [0.25, 0.3) is 0 Å². The lowest BCUT2D eigenvalue weighted by Gasteiger charge is -2.33. The van der Waals surface area contributed by atoms with Gasteiger partial charge in [0.2, 0.25) is 5.91 Å². The minimum atomic E-state index is -0.357. The van der Waals surface area contributed by atoms with Crippen LogP contribution in [0.4, 0.5) is 0 Å². The molecule has 4 heteroatoms. The van der Waals surface area contributed by atoms with Gasteiger partial charge in [-0.15, -0.1) is 0 Å². The van der Waals surface area contributed by atoms with Gasteiger partial charge in [0, 0.05) is 26.2 Å². The molecule has 2 unspecified atom stereocenters. The summed E-state index contributed by atoms with van der Waals surface area (Å²) in [6, 6.07) is 0.0107. The molecule has 4 nitrogen and oxygen atoms in total. The van der Waals surface area contributed by atoms with E-state index in [0.717, 1.165) is 25.8 Å². The summed E-state index contributed by atoms with van der Waals surface area (Å²) in [5, 5.41) is 0. The van der Waals surface area contributed by atoms with Crippen LogP contribution in [0.2, 0.25) is 0 Å². The zero-order valence-electron chi connectivity index (χ0n) is 10.7. The highest BCUT2D eigenvalue weighted by Gasteiger charge is 2.44. The van der Waals surface area contributed by atoms with Crippen LogP contribution in [0.1, 0.15) is 33.1 Å². The number of amides is 1. The molecule has 0 aromatic carbocycles. The van der Waals surface area contributed by atoms with Gasteiger partial charge in [-0.05, 0) is 26.7 Å². The molecule has 0 saturated heterocycles. The minimum absolute atomic E-state index is 0.0107. The Hall–Kier alpha value is -0.610. The van der Waals surface area contributed by atoms with Crippen LogP contribution in [0, 0.1) is 5.41 Å². The third kappa shape index (κ3) is 2.55. The molecule has 1 amide bonds. The molecule has 1 rings (SSSR count). The van der Waals surface area contributed by atoms with E-state index in [4.69, 9.17) is 10.5 Å². The molecule has 1 aliphatic carbocycles. The Morgan fingerprint density at radius 3 is 2.75 bits per heavy atom. The lowest BCUT2D eigenvalue weighted by molar-refractivity contribution is -0.142. The van der Waals surface area contributed by atoms with Crippen molar-refractivity contribution < 1.29 is 9.53 Å². The second-order valence-corrected chi connectivity index (χ2v) is 4.79. The Kier molecular flexibility index (Phi) is 4.74. The smallest absolute Gasteiger partial charge is 0.230 e. The van der Waals surface area contributed by atoms with Crippen molar-refractivity contribution in [2.45, 2.75) is 39.2 Å². The predicted octanol–water partition coefficient (Wildman–Crippen LogP) is 0.999. The SMILES string of the molecule is CCN(CCOC)C(=O)C1(C)CCCC1N. The summed E-state index contributed by atoms with van der Waals surface area (Å²) >= 11 is 0. The molecule has 1 aliphatic rings. The van der Waals surface area contributed by atoms with Crippen LogP contribution in [0.5, 0.6) is 0 Å². The Morgan fingerprint density at radius 2 is 2.31 bits per heavy atom. The molecule has 0 bridgehead atoms. The van der Waals surface area contributed by atoms with Crippen molar-refractivity contribution in [3.8, 4) is 0 Å². The fourth-order valence-corrected chi connectivity index (χ4v) is 2.42.